The Bertz CT molecular complexity index is 455. The average Bonchev–Trinajstić information content (AvgIpc) is 2.87. The lowest BCUT2D eigenvalue weighted by molar-refractivity contribution is 0.0969. The van der Waals surface area contributed by atoms with Crippen LogP contribution in [0.3, 0.4) is 0 Å². The van der Waals surface area contributed by atoms with Crippen molar-refractivity contribution >= 4 is 17.5 Å². The number of carbonyl (C=O) groups excluding carboxylic acids is 1. The minimum absolute atomic E-state index is 0.203. The van der Waals surface area contributed by atoms with E-state index in [1.165, 1.54) is 5.56 Å². The normalized spacial score (nSPS) is 22.3. The fourth-order valence-electron chi connectivity index (χ4n) is 2.52. The summed E-state index contributed by atoms with van der Waals surface area (Å²) in [6, 6.07) is 6.22. The molecule has 1 unspecified atom stereocenters. The summed E-state index contributed by atoms with van der Waals surface area (Å²) in [5.41, 5.74) is 1.94. The summed E-state index contributed by atoms with van der Waals surface area (Å²) in [5, 5.41) is 3.40. The summed E-state index contributed by atoms with van der Waals surface area (Å²) in [6.45, 7) is 1.71. The minimum Gasteiger partial charge on any atom is -0.492 e. The van der Waals surface area contributed by atoms with Crippen molar-refractivity contribution in [2.75, 3.05) is 24.7 Å². The third-order valence-electron chi connectivity index (χ3n) is 3.45. The molecule has 0 aromatic heterocycles. The van der Waals surface area contributed by atoms with Crippen molar-refractivity contribution in [3.8, 4) is 5.75 Å². The maximum Gasteiger partial charge on any atom is 0.168 e. The molecule has 0 saturated carbocycles. The van der Waals surface area contributed by atoms with Gasteiger partial charge >= 0.3 is 0 Å². The van der Waals surface area contributed by atoms with Crippen LogP contribution in [0.2, 0.25) is 0 Å². The van der Waals surface area contributed by atoms with E-state index in [2.05, 4.69) is 5.32 Å². The number of rotatable bonds is 3. The molecular weight excluding hydrogens is 246 g/mol. The first-order valence-corrected chi connectivity index (χ1v) is 7.59. The molecule has 2 heterocycles. The highest BCUT2D eigenvalue weighted by Gasteiger charge is 2.23. The molecule has 0 bridgehead atoms. The Morgan fingerprint density at radius 2 is 2.44 bits per heavy atom. The van der Waals surface area contributed by atoms with E-state index in [1.54, 1.807) is 0 Å². The molecule has 0 aliphatic carbocycles. The zero-order valence-corrected chi connectivity index (χ0v) is 11.1. The van der Waals surface area contributed by atoms with Crippen LogP contribution in [0.25, 0.3) is 0 Å². The van der Waals surface area contributed by atoms with E-state index < -0.39 is 0 Å². The number of thioether (sulfide) groups is 1. The van der Waals surface area contributed by atoms with E-state index in [9.17, 15) is 4.79 Å². The maximum atomic E-state index is 12.3. The Labute approximate surface area is 111 Å². The molecular formula is C14H17NO2S. The summed E-state index contributed by atoms with van der Waals surface area (Å²) in [7, 11) is 0. The third kappa shape index (κ3) is 2.40. The van der Waals surface area contributed by atoms with Crippen molar-refractivity contribution in [3.05, 3.63) is 29.3 Å². The largest absolute Gasteiger partial charge is 0.492 e. The maximum absolute atomic E-state index is 12.3. The van der Waals surface area contributed by atoms with Crippen LogP contribution in [0, 0.1) is 0 Å². The highest BCUT2D eigenvalue weighted by Crippen LogP contribution is 2.30. The highest BCUT2D eigenvalue weighted by molar-refractivity contribution is 7.99. The number of Topliss-reactive ketones (excluding diaryl/α,β-unsaturated/α-hetero) is 1. The van der Waals surface area contributed by atoms with Gasteiger partial charge in [0, 0.05) is 36.9 Å². The molecule has 1 saturated heterocycles. The highest BCUT2D eigenvalue weighted by atomic mass is 32.2. The van der Waals surface area contributed by atoms with Gasteiger partial charge in [-0.05, 0) is 11.6 Å². The molecule has 18 heavy (non-hydrogen) atoms. The topological polar surface area (TPSA) is 38.3 Å². The third-order valence-corrected chi connectivity index (χ3v) is 4.58. The molecule has 1 aromatic carbocycles. The van der Waals surface area contributed by atoms with Crippen molar-refractivity contribution < 1.29 is 9.53 Å². The molecule has 1 atom stereocenters. The number of benzene rings is 1. The van der Waals surface area contributed by atoms with Gasteiger partial charge in [0.2, 0.25) is 0 Å². The van der Waals surface area contributed by atoms with Gasteiger partial charge in [0.05, 0.1) is 12.2 Å². The number of nitrogens with one attached hydrogen (secondary N) is 1. The van der Waals surface area contributed by atoms with E-state index in [0.29, 0.717) is 19.1 Å². The molecule has 4 heteroatoms. The summed E-state index contributed by atoms with van der Waals surface area (Å²) in [6.07, 6.45) is 1.50. The fourth-order valence-corrected chi connectivity index (χ4v) is 3.47. The van der Waals surface area contributed by atoms with Crippen LogP contribution in [0.1, 0.15) is 22.3 Å². The van der Waals surface area contributed by atoms with Gasteiger partial charge in [-0.3, -0.25) is 4.79 Å². The Hall–Kier alpha value is -1.00. The number of hydrogen-bond donors (Lipinski definition) is 1. The van der Waals surface area contributed by atoms with Crippen LogP contribution < -0.4 is 10.1 Å². The molecule has 3 rings (SSSR count). The number of hydrogen-bond acceptors (Lipinski definition) is 4. The predicted octanol–water partition coefficient (Wildman–Crippen LogP) is 1.90. The molecule has 0 spiro atoms. The van der Waals surface area contributed by atoms with E-state index in [0.717, 1.165) is 35.8 Å². The number of fused-ring (bicyclic) bond motifs is 1. The predicted molar refractivity (Wildman–Crippen MR) is 73.7 cm³/mol. The number of carbonyl (C=O) groups is 1. The minimum atomic E-state index is 0.203. The number of ketones is 1. The second-order valence-electron chi connectivity index (χ2n) is 4.75. The summed E-state index contributed by atoms with van der Waals surface area (Å²) >= 11 is 1.92. The van der Waals surface area contributed by atoms with Crippen LogP contribution in [-0.2, 0) is 6.42 Å². The standard InChI is InChI=1S/C14H17NO2S/c16-13(8-11-9-18-7-5-15-11)12-3-1-2-10-4-6-17-14(10)12/h1-3,11,15H,4-9H2. The van der Waals surface area contributed by atoms with Crippen molar-refractivity contribution in [2.24, 2.45) is 0 Å². The zero-order chi connectivity index (χ0) is 12.4. The first-order chi connectivity index (χ1) is 8.84. The van der Waals surface area contributed by atoms with Crippen molar-refractivity contribution in [1.29, 1.82) is 0 Å². The lowest BCUT2D eigenvalue weighted by atomic mass is 10.0. The fraction of sp³-hybridized carbons (Fsp3) is 0.500. The van der Waals surface area contributed by atoms with Crippen molar-refractivity contribution in [3.63, 3.8) is 0 Å². The molecule has 1 N–H and O–H groups in total. The van der Waals surface area contributed by atoms with Gasteiger partial charge in [-0.1, -0.05) is 12.1 Å². The SMILES string of the molecule is O=C(CC1CSCCN1)c1cccc2c1OCC2. The molecule has 1 aromatic rings. The molecule has 3 nitrogen and oxygen atoms in total. The molecule has 0 amide bonds. The van der Waals surface area contributed by atoms with E-state index in [4.69, 9.17) is 4.74 Å². The van der Waals surface area contributed by atoms with Gasteiger partial charge in [-0.25, -0.2) is 0 Å². The van der Waals surface area contributed by atoms with Gasteiger partial charge in [-0.2, -0.15) is 11.8 Å². The van der Waals surface area contributed by atoms with E-state index in [-0.39, 0.29) is 5.78 Å². The Kier molecular flexibility index (Phi) is 3.57. The number of para-hydroxylation sites is 1. The molecule has 96 valence electrons. The quantitative estimate of drug-likeness (QED) is 0.845. The van der Waals surface area contributed by atoms with Crippen LogP contribution >= 0.6 is 11.8 Å². The Balaban J connectivity index is 1.74. The van der Waals surface area contributed by atoms with Gasteiger partial charge < -0.3 is 10.1 Å². The van der Waals surface area contributed by atoms with Crippen LogP contribution in [0.4, 0.5) is 0 Å². The molecule has 2 aliphatic rings. The van der Waals surface area contributed by atoms with E-state index in [1.807, 2.05) is 30.0 Å². The van der Waals surface area contributed by atoms with Crippen LogP contribution in [-0.4, -0.2) is 36.5 Å². The van der Waals surface area contributed by atoms with Gasteiger partial charge in [-0.15, -0.1) is 0 Å². The van der Waals surface area contributed by atoms with E-state index >= 15 is 0 Å². The Morgan fingerprint density at radius 1 is 1.50 bits per heavy atom. The lowest BCUT2D eigenvalue weighted by Gasteiger charge is -2.22. The summed E-state index contributed by atoms with van der Waals surface area (Å²) < 4.78 is 5.59. The molecule has 2 aliphatic heterocycles. The second-order valence-corrected chi connectivity index (χ2v) is 5.90. The smallest absolute Gasteiger partial charge is 0.168 e. The van der Waals surface area contributed by atoms with Gasteiger partial charge in [0.1, 0.15) is 5.75 Å². The lowest BCUT2D eigenvalue weighted by Crippen LogP contribution is -2.38. The first-order valence-electron chi connectivity index (χ1n) is 6.43. The van der Waals surface area contributed by atoms with Crippen LogP contribution in [0.15, 0.2) is 18.2 Å². The molecule has 0 radical (unpaired) electrons. The van der Waals surface area contributed by atoms with Gasteiger partial charge in [0.15, 0.2) is 5.78 Å². The summed E-state index contributed by atoms with van der Waals surface area (Å²) in [5.74, 6) is 3.20. The van der Waals surface area contributed by atoms with Crippen molar-refractivity contribution in [2.45, 2.75) is 18.9 Å². The van der Waals surface area contributed by atoms with Gasteiger partial charge in [0.25, 0.3) is 0 Å². The van der Waals surface area contributed by atoms with Crippen LogP contribution in [0.5, 0.6) is 5.75 Å². The van der Waals surface area contributed by atoms with Crippen molar-refractivity contribution in [1.82, 2.24) is 5.32 Å². The summed E-state index contributed by atoms with van der Waals surface area (Å²) in [4.78, 5) is 12.3. The second kappa shape index (κ2) is 5.33. The first kappa shape index (κ1) is 12.1. The molecule has 1 fully saturated rings. The average molecular weight is 263 g/mol. The zero-order valence-electron chi connectivity index (χ0n) is 10.3. The monoisotopic (exact) mass is 263 g/mol. The number of ether oxygens (including phenoxy) is 1. The Morgan fingerprint density at radius 3 is 3.28 bits per heavy atom.